The van der Waals surface area contributed by atoms with Gasteiger partial charge in [0.05, 0.1) is 11.4 Å². The fraction of sp³-hybridized carbons (Fsp3) is 0.333. The van der Waals surface area contributed by atoms with Crippen molar-refractivity contribution in [2.75, 3.05) is 11.6 Å². The van der Waals surface area contributed by atoms with Crippen LogP contribution in [-0.4, -0.2) is 39.6 Å². The Balaban J connectivity index is 2.17. The lowest BCUT2D eigenvalue weighted by atomic mass is 10.2. The molecule has 1 fully saturated rings. The Kier molecular flexibility index (Phi) is 2.97. The summed E-state index contributed by atoms with van der Waals surface area (Å²) in [5, 5.41) is 12.5. The van der Waals surface area contributed by atoms with E-state index in [9.17, 15) is 9.59 Å². The molecule has 0 bridgehead atoms. The molecule has 1 aliphatic heterocycles. The molecule has 80 valence electrons. The highest BCUT2D eigenvalue weighted by Gasteiger charge is 2.34. The molecule has 0 aromatic carbocycles. The molecule has 1 aliphatic rings. The Morgan fingerprint density at radius 3 is 2.93 bits per heavy atom. The predicted molar refractivity (Wildman–Crippen MR) is 59.2 cm³/mol. The molecule has 1 unspecified atom stereocenters. The smallest absolute Gasteiger partial charge is 0.327 e. The highest BCUT2D eigenvalue weighted by Crippen LogP contribution is 2.23. The third-order valence-corrected chi connectivity index (χ3v) is 3.89. The molecule has 6 heteroatoms. The number of hydrogen-bond acceptors (Lipinski definition) is 4. The maximum atomic E-state index is 11.9. The number of thioether (sulfide) groups is 1. The minimum absolute atomic E-state index is 0.186. The summed E-state index contributed by atoms with van der Waals surface area (Å²) >= 11 is 2.91. The molecule has 0 radical (unpaired) electrons. The lowest BCUT2D eigenvalue weighted by molar-refractivity contribution is -0.140. The lowest BCUT2D eigenvalue weighted by Crippen LogP contribution is -2.41. The van der Waals surface area contributed by atoms with Crippen LogP contribution in [-0.2, 0) is 4.79 Å². The van der Waals surface area contributed by atoms with Crippen molar-refractivity contribution in [3.63, 3.8) is 0 Å². The van der Waals surface area contributed by atoms with Crippen molar-refractivity contribution < 1.29 is 14.7 Å². The summed E-state index contributed by atoms with van der Waals surface area (Å²) in [5.41, 5.74) is 0.578. The quantitative estimate of drug-likeness (QED) is 0.851. The summed E-state index contributed by atoms with van der Waals surface area (Å²) in [5.74, 6) is -0.172. The van der Waals surface area contributed by atoms with E-state index < -0.39 is 12.0 Å². The molecule has 1 N–H and O–H groups in total. The Hall–Kier alpha value is -1.01. The second-order valence-corrected chi connectivity index (χ2v) is 4.92. The van der Waals surface area contributed by atoms with Gasteiger partial charge in [-0.25, -0.2) is 4.79 Å². The Labute approximate surface area is 94.9 Å². The van der Waals surface area contributed by atoms with Gasteiger partial charge in [-0.3, -0.25) is 4.79 Å². The number of carboxylic acids is 1. The van der Waals surface area contributed by atoms with Gasteiger partial charge in [0.15, 0.2) is 0 Å². The number of rotatable bonds is 2. The minimum atomic E-state index is -0.927. The SMILES string of the molecule is O=C(O)C1CSCN1C(=O)c1ccsc1. The number of amides is 1. The summed E-state index contributed by atoms with van der Waals surface area (Å²) in [6.45, 7) is 0. The maximum absolute atomic E-state index is 11.9. The van der Waals surface area contributed by atoms with E-state index in [1.165, 1.54) is 28.0 Å². The van der Waals surface area contributed by atoms with Crippen molar-refractivity contribution in [2.24, 2.45) is 0 Å². The van der Waals surface area contributed by atoms with E-state index >= 15 is 0 Å². The number of aliphatic carboxylic acids is 1. The van der Waals surface area contributed by atoms with Crippen LogP contribution in [0.25, 0.3) is 0 Å². The van der Waals surface area contributed by atoms with Gasteiger partial charge in [-0.05, 0) is 11.4 Å². The van der Waals surface area contributed by atoms with Gasteiger partial charge in [0.2, 0.25) is 0 Å². The van der Waals surface area contributed by atoms with Crippen molar-refractivity contribution >= 4 is 35.0 Å². The number of thiophene rings is 1. The molecular weight excluding hydrogens is 234 g/mol. The van der Waals surface area contributed by atoms with Crippen LogP contribution in [0.3, 0.4) is 0 Å². The Bertz CT molecular complexity index is 377. The van der Waals surface area contributed by atoms with Gasteiger partial charge in [-0.15, -0.1) is 11.8 Å². The molecule has 0 spiro atoms. The third-order valence-electron chi connectivity index (χ3n) is 2.20. The van der Waals surface area contributed by atoms with Crippen LogP contribution in [0, 0.1) is 0 Å². The van der Waals surface area contributed by atoms with E-state index in [1.54, 1.807) is 11.4 Å². The van der Waals surface area contributed by atoms with Crippen LogP contribution in [0.15, 0.2) is 16.8 Å². The van der Waals surface area contributed by atoms with Gasteiger partial charge >= 0.3 is 5.97 Å². The second-order valence-electron chi connectivity index (χ2n) is 3.14. The van der Waals surface area contributed by atoms with Crippen LogP contribution in [0.1, 0.15) is 10.4 Å². The molecule has 15 heavy (non-hydrogen) atoms. The van der Waals surface area contributed by atoms with Crippen molar-refractivity contribution in [1.82, 2.24) is 4.90 Å². The fourth-order valence-electron chi connectivity index (χ4n) is 1.40. The summed E-state index contributed by atoms with van der Waals surface area (Å²) < 4.78 is 0. The molecule has 0 saturated carbocycles. The average molecular weight is 243 g/mol. The van der Waals surface area contributed by atoms with Crippen LogP contribution < -0.4 is 0 Å². The monoisotopic (exact) mass is 243 g/mol. The van der Waals surface area contributed by atoms with Gasteiger partial charge in [-0.2, -0.15) is 11.3 Å². The largest absolute Gasteiger partial charge is 0.480 e. The van der Waals surface area contributed by atoms with E-state index in [1.807, 2.05) is 5.38 Å². The molecule has 0 aliphatic carbocycles. The van der Waals surface area contributed by atoms with Crippen LogP contribution in [0.2, 0.25) is 0 Å². The predicted octanol–water partition coefficient (Wildman–Crippen LogP) is 1.35. The van der Waals surface area contributed by atoms with Crippen LogP contribution in [0.4, 0.5) is 0 Å². The molecule has 1 saturated heterocycles. The zero-order chi connectivity index (χ0) is 10.8. The second kappa shape index (κ2) is 4.24. The molecular formula is C9H9NO3S2. The standard InChI is InChI=1S/C9H9NO3S2/c11-8(6-1-2-14-3-6)10-5-15-4-7(10)9(12)13/h1-3,7H,4-5H2,(H,12,13). The summed E-state index contributed by atoms with van der Waals surface area (Å²) in [6, 6.07) is 1.04. The van der Waals surface area contributed by atoms with E-state index in [0.717, 1.165) is 0 Å². The van der Waals surface area contributed by atoms with Crippen molar-refractivity contribution in [2.45, 2.75) is 6.04 Å². The number of carbonyl (C=O) groups is 2. The van der Waals surface area contributed by atoms with E-state index in [4.69, 9.17) is 5.11 Å². The minimum Gasteiger partial charge on any atom is -0.480 e. The van der Waals surface area contributed by atoms with Gasteiger partial charge in [-0.1, -0.05) is 0 Å². The van der Waals surface area contributed by atoms with Crippen molar-refractivity contribution in [1.29, 1.82) is 0 Å². The number of carbonyl (C=O) groups excluding carboxylic acids is 1. The summed E-state index contributed by atoms with van der Waals surface area (Å²) in [7, 11) is 0. The third kappa shape index (κ3) is 2.00. The van der Waals surface area contributed by atoms with E-state index in [2.05, 4.69) is 0 Å². The first kappa shape index (κ1) is 10.5. The first-order chi connectivity index (χ1) is 7.20. The van der Waals surface area contributed by atoms with Gasteiger partial charge in [0.25, 0.3) is 5.91 Å². The lowest BCUT2D eigenvalue weighted by Gasteiger charge is -2.19. The van der Waals surface area contributed by atoms with Crippen molar-refractivity contribution in [3.8, 4) is 0 Å². The van der Waals surface area contributed by atoms with Gasteiger partial charge in [0.1, 0.15) is 6.04 Å². The normalized spacial score (nSPS) is 20.5. The highest BCUT2D eigenvalue weighted by atomic mass is 32.2. The molecule has 2 rings (SSSR count). The average Bonchev–Trinajstić information content (AvgIpc) is 2.88. The van der Waals surface area contributed by atoms with E-state index in [-0.39, 0.29) is 5.91 Å². The van der Waals surface area contributed by atoms with Gasteiger partial charge in [0, 0.05) is 11.1 Å². The summed E-state index contributed by atoms with van der Waals surface area (Å²) in [4.78, 5) is 24.2. The molecule has 1 atom stereocenters. The molecule has 1 amide bonds. The number of nitrogens with zero attached hydrogens (tertiary/aromatic N) is 1. The van der Waals surface area contributed by atoms with Crippen molar-refractivity contribution in [3.05, 3.63) is 22.4 Å². The van der Waals surface area contributed by atoms with E-state index in [0.29, 0.717) is 17.2 Å². The zero-order valence-corrected chi connectivity index (χ0v) is 9.38. The van der Waals surface area contributed by atoms with Gasteiger partial charge < -0.3 is 10.0 Å². The zero-order valence-electron chi connectivity index (χ0n) is 7.75. The Morgan fingerprint density at radius 1 is 1.53 bits per heavy atom. The fourth-order valence-corrected chi connectivity index (χ4v) is 3.17. The first-order valence-corrected chi connectivity index (χ1v) is 6.43. The molecule has 1 aromatic heterocycles. The van der Waals surface area contributed by atoms with Crippen LogP contribution >= 0.6 is 23.1 Å². The Morgan fingerprint density at radius 2 is 2.33 bits per heavy atom. The number of hydrogen-bond donors (Lipinski definition) is 1. The number of carboxylic acid groups (broad SMARTS) is 1. The maximum Gasteiger partial charge on any atom is 0.327 e. The molecule has 4 nitrogen and oxygen atoms in total. The first-order valence-electron chi connectivity index (χ1n) is 4.34. The summed E-state index contributed by atoms with van der Waals surface area (Å²) in [6.07, 6.45) is 0. The topological polar surface area (TPSA) is 57.6 Å². The molecule has 1 aromatic rings. The molecule has 2 heterocycles. The van der Waals surface area contributed by atoms with Crippen LogP contribution in [0.5, 0.6) is 0 Å². The highest BCUT2D eigenvalue weighted by molar-refractivity contribution is 7.99.